The van der Waals surface area contributed by atoms with Crippen molar-refractivity contribution in [2.24, 2.45) is 11.8 Å². The maximum atomic E-state index is 12.2. The Bertz CT molecular complexity index is 608. The SMILES string of the molecule is CC(C)(C)OC(=O)N1CC2CN(c3nc(Cl)nnc3Cl)CC2C1. The van der Waals surface area contributed by atoms with Crippen molar-refractivity contribution in [2.75, 3.05) is 31.1 Å². The van der Waals surface area contributed by atoms with E-state index in [1.807, 2.05) is 20.8 Å². The normalized spacial score (nSPS) is 24.0. The fraction of sp³-hybridized carbons (Fsp3) is 0.714. The summed E-state index contributed by atoms with van der Waals surface area (Å²) in [7, 11) is 0. The fourth-order valence-electron chi connectivity index (χ4n) is 3.13. The second-order valence-electron chi connectivity index (χ2n) is 7.01. The van der Waals surface area contributed by atoms with Gasteiger partial charge in [-0.05, 0) is 32.4 Å². The molecule has 2 saturated heterocycles. The number of fused-ring (bicyclic) bond motifs is 1. The summed E-state index contributed by atoms with van der Waals surface area (Å²) in [5.41, 5.74) is -0.474. The van der Waals surface area contributed by atoms with Gasteiger partial charge < -0.3 is 14.5 Å². The van der Waals surface area contributed by atoms with Crippen LogP contribution in [-0.2, 0) is 4.74 Å². The predicted octanol–water partition coefficient (Wildman–Crippen LogP) is 2.48. The molecule has 0 radical (unpaired) electrons. The first kappa shape index (κ1) is 16.5. The Hall–Kier alpha value is -1.34. The van der Waals surface area contributed by atoms with Gasteiger partial charge in [-0.25, -0.2) is 4.79 Å². The first-order valence-corrected chi connectivity index (χ1v) is 8.27. The van der Waals surface area contributed by atoms with Crippen LogP contribution in [0.4, 0.5) is 10.6 Å². The molecule has 1 aromatic rings. The van der Waals surface area contributed by atoms with Crippen LogP contribution in [0, 0.1) is 11.8 Å². The zero-order chi connectivity index (χ0) is 16.8. The summed E-state index contributed by atoms with van der Waals surface area (Å²) in [5.74, 6) is 1.30. The summed E-state index contributed by atoms with van der Waals surface area (Å²) in [5, 5.41) is 7.75. The van der Waals surface area contributed by atoms with Crippen molar-refractivity contribution in [3.05, 3.63) is 10.4 Å². The molecule has 0 N–H and O–H groups in total. The van der Waals surface area contributed by atoms with Gasteiger partial charge in [-0.2, -0.15) is 4.98 Å². The largest absolute Gasteiger partial charge is 0.444 e. The molecule has 23 heavy (non-hydrogen) atoms. The molecule has 2 atom stereocenters. The minimum atomic E-state index is -0.474. The molecule has 7 nitrogen and oxygen atoms in total. The van der Waals surface area contributed by atoms with Gasteiger partial charge in [0.05, 0.1) is 0 Å². The molecule has 2 aliphatic rings. The third-order valence-electron chi connectivity index (χ3n) is 4.04. The molecule has 0 spiro atoms. The third-order valence-corrected chi connectivity index (χ3v) is 4.45. The lowest BCUT2D eigenvalue weighted by Gasteiger charge is -2.26. The van der Waals surface area contributed by atoms with Crippen LogP contribution < -0.4 is 4.90 Å². The van der Waals surface area contributed by atoms with E-state index < -0.39 is 5.60 Å². The first-order valence-electron chi connectivity index (χ1n) is 7.51. The highest BCUT2D eigenvalue weighted by Crippen LogP contribution is 2.35. The van der Waals surface area contributed by atoms with E-state index in [0.29, 0.717) is 30.7 Å². The highest BCUT2D eigenvalue weighted by atomic mass is 35.5. The highest BCUT2D eigenvalue weighted by molar-refractivity contribution is 6.32. The van der Waals surface area contributed by atoms with Gasteiger partial charge in [0.2, 0.25) is 5.28 Å². The van der Waals surface area contributed by atoms with Crippen LogP contribution in [0.25, 0.3) is 0 Å². The third kappa shape index (κ3) is 3.61. The van der Waals surface area contributed by atoms with Crippen molar-refractivity contribution in [3.63, 3.8) is 0 Å². The lowest BCUT2D eigenvalue weighted by molar-refractivity contribution is 0.0282. The van der Waals surface area contributed by atoms with Crippen LogP contribution >= 0.6 is 23.2 Å². The summed E-state index contributed by atoms with van der Waals surface area (Å²) in [6.07, 6.45) is -0.247. The van der Waals surface area contributed by atoms with Crippen molar-refractivity contribution >= 4 is 35.1 Å². The number of halogens is 2. The van der Waals surface area contributed by atoms with Gasteiger partial charge in [-0.15, -0.1) is 10.2 Å². The van der Waals surface area contributed by atoms with Crippen molar-refractivity contribution in [3.8, 4) is 0 Å². The average Bonchev–Trinajstić information content (AvgIpc) is 2.97. The number of carbonyl (C=O) groups excluding carboxylic acids is 1. The Morgan fingerprint density at radius 1 is 1.13 bits per heavy atom. The quantitative estimate of drug-likeness (QED) is 0.766. The molecule has 0 aromatic carbocycles. The van der Waals surface area contributed by atoms with Crippen molar-refractivity contribution in [2.45, 2.75) is 26.4 Å². The smallest absolute Gasteiger partial charge is 0.410 e. The molecule has 0 bridgehead atoms. The molecule has 1 aromatic heterocycles. The standard InChI is InChI=1S/C14H19Cl2N5O2/c1-14(2,3)23-13(22)21-6-8-4-20(5-9(8)7-21)11-10(15)18-19-12(16)17-11/h8-9H,4-7H2,1-3H3. The van der Waals surface area contributed by atoms with Crippen molar-refractivity contribution in [1.29, 1.82) is 0 Å². The molecule has 2 aliphatic heterocycles. The number of anilines is 1. The number of hydrogen-bond acceptors (Lipinski definition) is 6. The van der Waals surface area contributed by atoms with E-state index in [1.165, 1.54) is 0 Å². The minimum absolute atomic E-state index is 0.0804. The number of hydrogen-bond donors (Lipinski definition) is 0. The highest BCUT2D eigenvalue weighted by Gasteiger charge is 2.43. The Morgan fingerprint density at radius 2 is 1.74 bits per heavy atom. The summed E-state index contributed by atoms with van der Waals surface area (Å²) in [4.78, 5) is 20.2. The Kier molecular flexibility index (Phi) is 4.27. The summed E-state index contributed by atoms with van der Waals surface area (Å²) in [6, 6.07) is 0. The van der Waals surface area contributed by atoms with Crippen LogP contribution in [0.15, 0.2) is 0 Å². The molecule has 1 amide bonds. The lowest BCUT2D eigenvalue weighted by atomic mass is 10.0. The number of ether oxygens (including phenoxy) is 1. The van der Waals surface area contributed by atoms with Crippen LogP contribution in [-0.4, -0.2) is 58.0 Å². The molecule has 9 heteroatoms. The fourth-order valence-corrected chi connectivity index (χ4v) is 3.45. The minimum Gasteiger partial charge on any atom is -0.444 e. The van der Waals surface area contributed by atoms with Crippen LogP contribution in [0.3, 0.4) is 0 Å². The van der Waals surface area contributed by atoms with Gasteiger partial charge in [0.15, 0.2) is 11.0 Å². The van der Waals surface area contributed by atoms with E-state index in [9.17, 15) is 4.79 Å². The van der Waals surface area contributed by atoms with Gasteiger partial charge in [0.1, 0.15) is 5.60 Å². The number of amides is 1. The molecular formula is C14H19Cl2N5O2. The number of aromatic nitrogens is 3. The number of nitrogens with zero attached hydrogens (tertiary/aromatic N) is 5. The number of likely N-dealkylation sites (tertiary alicyclic amines) is 1. The van der Waals surface area contributed by atoms with Crippen LogP contribution in [0.1, 0.15) is 20.8 Å². The van der Waals surface area contributed by atoms with E-state index in [4.69, 9.17) is 27.9 Å². The van der Waals surface area contributed by atoms with Gasteiger partial charge >= 0.3 is 6.09 Å². The second-order valence-corrected chi connectivity index (χ2v) is 7.70. The monoisotopic (exact) mass is 359 g/mol. The summed E-state index contributed by atoms with van der Waals surface area (Å²) < 4.78 is 5.44. The molecule has 3 rings (SSSR count). The average molecular weight is 360 g/mol. The van der Waals surface area contributed by atoms with Crippen molar-refractivity contribution < 1.29 is 9.53 Å². The molecule has 0 aliphatic carbocycles. The molecule has 3 heterocycles. The van der Waals surface area contributed by atoms with E-state index in [0.717, 1.165) is 13.1 Å². The van der Waals surface area contributed by atoms with Crippen LogP contribution in [0.5, 0.6) is 0 Å². The second kappa shape index (κ2) is 5.94. The molecule has 2 fully saturated rings. The summed E-state index contributed by atoms with van der Waals surface area (Å²) in [6.45, 7) is 8.50. The van der Waals surface area contributed by atoms with Crippen LogP contribution in [0.2, 0.25) is 10.4 Å². The van der Waals surface area contributed by atoms with Crippen molar-refractivity contribution in [1.82, 2.24) is 20.1 Å². The predicted molar refractivity (Wildman–Crippen MR) is 86.8 cm³/mol. The zero-order valence-corrected chi connectivity index (χ0v) is 14.8. The number of carbonyl (C=O) groups is 1. The maximum Gasteiger partial charge on any atom is 0.410 e. The van der Waals surface area contributed by atoms with Gasteiger partial charge in [-0.3, -0.25) is 0 Å². The Morgan fingerprint density at radius 3 is 2.30 bits per heavy atom. The van der Waals surface area contributed by atoms with E-state index >= 15 is 0 Å². The molecule has 2 unspecified atom stereocenters. The van der Waals surface area contributed by atoms with E-state index in [1.54, 1.807) is 4.90 Å². The van der Waals surface area contributed by atoms with Gasteiger partial charge in [0, 0.05) is 38.0 Å². The molecular weight excluding hydrogens is 341 g/mol. The Labute approximate surface area is 144 Å². The topological polar surface area (TPSA) is 71.5 Å². The number of rotatable bonds is 1. The Balaban J connectivity index is 1.63. The molecule has 126 valence electrons. The van der Waals surface area contributed by atoms with E-state index in [2.05, 4.69) is 20.1 Å². The maximum absolute atomic E-state index is 12.2. The first-order chi connectivity index (χ1) is 10.7. The lowest BCUT2D eigenvalue weighted by Crippen LogP contribution is -2.37. The van der Waals surface area contributed by atoms with Gasteiger partial charge in [0.25, 0.3) is 0 Å². The summed E-state index contributed by atoms with van der Waals surface area (Å²) >= 11 is 11.9. The molecule has 0 saturated carbocycles. The zero-order valence-electron chi connectivity index (χ0n) is 13.3. The van der Waals surface area contributed by atoms with Gasteiger partial charge in [-0.1, -0.05) is 11.6 Å². The van der Waals surface area contributed by atoms with E-state index in [-0.39, 0.29) is 16.5 Å².